The van der Waals surface area contributed by atoms with Crippen LogP contribution in [0, 0.1) is 0 Å². The molecule has 0 unspecified atom stereocenters. The van der Waals surface area contributed by atoms with Gasteiger partial charge >= 0.3 is 0 Å². The van der Waals surface area contributed by atoms with E-state index in [1.54, 1.807) is 33.1 Å². The molecular formula is C24H38O10S. The van der Waals surface area contributed by atoms with Crippen LogP contribution in [0.15, 0.2) is 35.2 Å². The molecule has 2 aliphatic rings. The zero-order valence-corrected chi connectivity index (χ0v) is 21.9. The van der Waals surface area contributed by atoms with E-state index in [1.807, 2.05) is 30.3 Å². The van der Waals surface area contributed by atoms with Crippen molar-refractivity contribution in [3.05, 3.63) is 30.3 Å². The Labute approximate surface area is 211 Å². The van der Waals surface area contributed by atoms with Crippen molar-refractivity contribution in [2.75, 3.05) is 55.9 Å². The summed E-state index contributed by atoms with van der Waals surface area (Å²) in [7, 11) is 9.39. The molecule has 0 radical (unpaired) electrons. The third-order valence-corrected chi connectivity index (χ3v) is 7.40. The summed E-state index contributed by atoms with van der Waals surface area (Å²) < 4.78 is 52.7. The SMILES string of the molecule is COC[C@H]1O[C@@H](O[C@H]2[C@H](OC)[C@@H](OC)[C@H](Sc3ccccc3)O[C@@H]2COC)[C@H](OC)[C@@H](OC)[C@@H]1O. The Kier molecular flexibility index (Phi) is 11.7. The van der Waals surface area contributed by atoms with Gasteiger partial charge in [-0.2, -0.15) is 0 Å². The van der Waals surface area contributed by atoms with E-state index < -0.39 is 55.1 Å². The fourth-order valence-electron chi connectivity index (χ4n) is 4.56. The van der Waals surface area contributed by atoms with Crippen LogP contribution in [0.1, 0.15) is 0 Å². The molecule has 2 aliphatic heterocycles. The molecule has 0 spiro atoms. The number of ether oxygens (including phenoxy) is 9. The molecule has 35 heavy (non-hydrogen) atoms. The van der Waals surface area contributed by atoms with Crippen LogP contribution in [0.5, 0.6) is 0 Å². The summed E-state index contributed by atoms with van der Waals surface area (Å²) in [5, 5.41) is 10.7. The Morgan fingerprint density at radius 3 is 1.89 bits per heavy atom. The molecule has 10 atom stereocenters. The first-order chi connectivity index (χ1) is 17.0. The number of benzene rings is 1. The van der Waals surface area contributed by atoms with E-state index in [2.05, 4.69) is 0 Å². The summed E-state index contributed by atoms with van der Waals surface area (Å²) >= 11 is 1.55. The second kappa shape index (κ2) is 14.2. The van der Waals surface area contributed by atoms with Crippen LogP contribution < -0.4 is 0 Å². The highest BCUT2D eigenvalue weighted by atomic mass is 32.2. The van der Waals surface area contributed by atoms with Crippen molar-refractivity contribution in [3.63, 3.8) is 0 Å². The lowest BCUT2D eigenvalue weighted by atomic mass is 9.97. The molecule has 1 aromatic carbocycles. The number of aliphatic hydroxyl groups is 1. The van der Waals surface area contributed by atoms with Crippen molar-refractivity contribution in [1.82, 2.24) is 0 Å². The van der Waals surface area contributed by atoms with Crippen LogP contribution in [0.2, 0.25) is 0 Å². The molecule has 0 saturated carbocycles. The smallest absolute Gasteiger partial charge is 0.187 e. The summed E-state index contributed by atoms with van der Waals surface area (Å²) in [6.45, 7) is 0.416. The van der Waals surface area contributed by atoms with E-state index in [0.717, 1.165) is 4.90 Å². The van der Waals surface area contributed by atoms with Gasteiger partial charge in [-0.15, -0.1) is 0 Å². The summed E-state index contributed by atoms with van der Waals surface area (Å²) in [4.78, 5) is 1.04. The molecule has 0 bridgehead atoms. The third-order valence-electron chi connectivity index (χ3n) is 6.25. The van der Waals surface area contributed by atoms with Crippen LogP contribution >= 0.6 is 11.8 Å². The molecular weight excluding hydrogens is 480 g/mol. The Balaban J connectivity index is 1.86. The topological polar surface area (TPSA) is 103 Å². The predicted octanol–water partition coefficient (Wildman–Crippen LogP) is 1.33. The van der Waals surface area contributed by atoms with Crippen molar-refractivity contribution < 1.29 is 47.7 Å². The highest BCUT2D eigenvalue weighted by molar-refractivity contribution is 7.99. The first-order valence-corrected chi connectivity index (χ1v) is 12.4. The number of hydrogen-bond acceptors (Lipinski definition) is 11. The first-order valence-electron chi connectivity index (χ1n) is 11.5. The minimum absolute atomic E-state index is 0.157. The fraction of sp³-hybridized carbons (Fsp3) is 0.750. The molecule has 10 nitrogen and oxygen atoms in total. The summed E-state index contributed by atoms with van der Waals surface area (Å²) in [5.41, 5.74) is -0.368. The average Bonchev–Trinajstić information content (AvgIpc) is 2.87. The van der Waals surface area contributed by atoms with Gasteiger partial charge in [-0.05, 0) is 12.1 Å². The van der Waals surface area contributed by atoms with E-state index in [9.17, 15) is 5.11 Å². The fourth-order valence-corrected chi connectivity index (χ4v) is 5.74. The van der Waals surface area contributed by atoms with Crippen LogP contribution in [-0.2, 0) is 42.6 Å². The third kappa shape index (κ3) is 6.74. The maximum atomic E-state index is 10.7. The second-order valence-electron chi connectivity index (χ2n) is 8.32. The average molecular weight is 519 g/mol. The molecule has 3 rings (SSSR count). The van der Waals surface area contributed by atoms with Crippen molar-refractivity contribution in [1.29, 1.82) is 0 Å². The molecule has 2 heterocycles. The first kappa shape index (κ1) is 28.7. The summed E-state index contributed by atoms with van der Waals surface area (Å²) in [6, 6.07) is 9.94. The summed E-state index contributed by atoms with van der Waals surface area (Å²) in [5.74, 6) is 0. The molecule has 2 fully saturated rings. The van der Waals surface area contributed by atoms with Gasteiger partial charge in [0.1, 0.15) is 54.3 Å². The molecule has 1 aromatic rings. The van der Waals surface area contributed by atoms with Crippen LogP contribution in [0.25, 0.3) is 0 Å². The van der Waals surface area contributed by atoms with Gasteiger partial charge in [0.25, 0.3) is 0 Å². The minimum Gasteiger partial charge on any atom is -0.387 e. The highest BCUT2D eigenvalue weighted by Gasteiger charge is 2.52. The van der Waals surface area contributed by atoms with Gasteiger partial charge in [-0.25, -0.2) is 0 Å². The zero-order chi connectivity index (χ0) is 25.4. The van der Waals surface area contributed by atoms with Crippen LogP contribution in [-0.4, -0.2) is 122 Å². The van der Waals surface area contributed by atoms with Crippen molar-refractivity contribution in [2.24, 2.45) is 0 Å². The van der Waals surface area contributed by atoms with E-state index in [0.29, 0.717) is 0 Å². The van der Waals surface area contributed by atoms with Gasteiger partial charge in [0.2, 0.25) is 0 Å². The molecule has 11 heteroatoms. The summed E-state index contributed by atoms with van der Waals surface area (Å²) in [6.07, 6.45) is -6.01. The largest absolute Gasteiger partial charge is 0.387 e. The van der Waals surface area contributed by atoms with Gasteiger partial charge in [0, 0.05) is 47.6 Å². The Morgan fingerprint density at radius 2 is 1.31 bits per heavy atom. The minimum atomic E-state index is -0.960. The van der Waals surface area contributed by atoms with E-state index in [1.165, 1.54) is 21.3 Å². The predicted molar refractivity (Wildman–Crippen MR) is 127 cm³/mol. The monoisotopic (exact) mass is 518 g/mol. The standard InChI is InChI=1S/C24H38O10S/c1-26-12-15-17(25)19(28-3)21(30-5)23(32-15)34-18-16(13-27-2)33-24(22(31-6)20(18)29-4)35-14-10-8-7-9-11-14/h7-11,15-25H,12-13H2,1-6H3/t15-,16-,17-,18-,19+,20+,21-,22-,23+,24+/m1/s1. The lowest BCUT2D eigenvalue weighted by molar-refractivity contribution is -0.346. The molecule has 2 saturated heterocycles. The number of thioether (sulfide) groups is 1. The van der Waals surface area contributed by atoms with Gasteiger partial charge in [-0.3, -0.25) is 0 Å². The van der Waals surface area contributed by atoms with Crippen LogP contribution in [0.4, 0.5) is 0 Å². The van der Waals surface area contributed by atoms with Crippen molar-refractivity contribution in [2.45, 2.75) is 65.5 Å². The highest BCUT2D eigenvalue weighted by Crippen LogP contribution is 2.38. The lowest BCUT2D eigenvalue weighted by Crippen LogP contribution is -2.65. The Morgan fingerprint density at radius 1 is 0.714 bits per heavy atom. The molecule has 1 N–H and O–H groups in total. The maximum Gasteiger partial charge on any atom is 0.187 e. The maximum absolute atomic E-state index is 10.7. The van der Waals surface area contributed by atoms with E-state index >= 15 is 0 Å². The lowest BCUT2D eigenvalue weighted by Gasteiger charge is -2.48. The molecule has 0 aliphatic carbocycles. The van der Waals surface area contributed by atoms with E-state index in [-0.39, 0.29) is 18.6 Å². The van der Waals surface area contributed by atoms with Gasteiger partial charge < -0.3 is 47.7 Å². The number of hydrogen-bond donors (Lipinski definition) is 1. The van der Waals surface area contributed by atoms with E-state index in [4.69, 9.17) is 42.6 Å². The molecule has 0 aromatic heterocycles. The second-order valence-corrected chi connectivity index (χ2v) is 9.49. The molecule has 0 amide bonds. The van der Waals surface area contributed by atoms with Gasteiger partial charge in [0.15, 0.2) is 6.29 Å². The van der Waals surface area contributed by atoms with Crippen molar-refractivity contribution in [3.8, 4) is 0 Å². The molecule has 200 valence electrons. The quantitative estimate of drug-likeness (QED) is 0.433. The van der Waals surface area contributed by atoms with Crippen molar-refractivity contribution >= 4 is 11.8 Å². The Hall–Kier alpha value is -0.830. The van der Waals surface area contributed by atoms with Gasteiger partial charge in [0.05, 0.1) is 13.2 Å². The normalized spacial score (nSPS) is 37.9. The number of aliphatic hydroxyl groups excluding tert-OH is 1. The Bertz CT molecular complexity index is 728. The zero-order valence-electron chi connectivity index (χ0n) is 21.1. The number of rotatable bonds is 12. The van der Waals surface area contributed by atoms with Gasteiger partial charge in [-0.1, -0.05) is 30.0 Å². The van der Waals surface area contributed by atoms with Crippen LogP contribution in [0.3, 0.4) is 0 Å². The number of methoxy groups -OCH3 is 6.